The molecule has 1 rings (SSSR count). The van der Waals surface area contributed by atoms with E-state index < -0.39 is 12.0 Å². The highest BCUT2D eigenvalue weighted by molar-refractivity contribution is 5.97. The van der Waals surface area contributed by atoms with E-state index in [-0.39, 0.29) is 11.8 Å². The average Bonchev–Trinajstić information content (AvgIpc) is 2.47. The zero-order valence-electron chi connectivity index (χ0n) is 11.9. The quantitative estimate of drug-likeness (QED) is 0.339. The fourth-order valence-electron chi connectivity index (χ4n) is 2.15. The second-order valence-corrected chi connectivity index (χ2v) is 4.97. The first kappa shape index (κ1) is 16.2. The summed E-state index contributed by atoms with van der Waals surface area (Å²) in [6.07, 6.45) is 1.10. The summed E-state index contributed by atoms with van der Waals surface area (Å²) in [5, 5.41) is 13.8. The standard InChI is InChI=1S/C15H21N3O2/c1-3-7-13(17-18-16)10-14(19)11(2)15(20)12-8-5-4-6-9-12/h4-6,8-9,11,13-14,19H,3,7,10H2,1-2H3/t11-,13+,14-/m1/s1. The Kier molecular flexibility index (Phi) is 6.77. The number of aliphatic hydroxyl groups excluding tert-OH is 1. The lowest BCUT2D eigenvalue weighted by molar-refractivity contribution is 0.0667. The molecule has 108 valence electrons. The van der Waals surface area contributed by atoms with Crippen LogP contribution in [0.15, 0.2) is 35.4 Å². The molecule has 0 aliphatic heterocycles. The highest BCUT2D eigenvalue weighted by Crippen LogP contribution is 2.19. The van der Waals surface area contributed by atoms with Crippen LogP contribution in [0.2, 0.25) is 0 Å². The number of hydrogen-bond acceptors (Lipinski definition) is 3. The van der Waals surface area contributed by atoms with Crippen LogP contribution in [-0.4, -0.2) is 23.0 Å². The van der Waals surface area contributed by atoms with Gasteiger partial charge in [0.1, 0.15) is 0 Å². The topological polar surface area (TPSA) is 86.1 Å². The Morgan fingerprint density at radius 2 is 2.05 bits per heavy atom. The van der Waals surface area contributed by atoms with Crippen molar-refractivity contribution in [1.29, 1.82) is 0 Å². The van der Waals surface area contributed by atoms with Gasteiger partial charge in [-0.15, -0.1) is 0 Å². The fourth-order valence-corrected chi connectivity index (χ4v) is 2.15. The largest absolute Gasteiger partial charge is 0.392 e. The molecule has 0 unspecified atom stereocenters. The van der Waals surface area contributed by atoms with Gasteiger partial charge in [0, 0.05) is 22.4 Å². The number of aliphatic hydroxyl groups is 1. The molecule has 5 heteroatoms. The van der Waals surface area contributed by atoms with Gasteiger partial charge in [-0.05, 0) is 18.4 Å². The molecule has 20 heavy (non-hydrogen) atoms. The van der Waals surface area contributed by atoms with Crippen molar-refractivity contribution >= 4 is 5.78 Å². The van der Waals surface area contributed by atoms with Crippen molar-refractivity contribution in [3.8, 4) is 0 Å². The van der Waals surface area contributed by atoms with Crippen LogP contribution >= 0.6 is 0 Å². The Bertz CT molecular complexity index is 469. The summed E-state index contributed by atoms with van der Waals surface area (Å²) in [6.45, 7) is 3.70. The molecule has 3 atom stereocenters. The van der Waals surface area contributed by atoms with E-state index in [9.17, 15) is 9.90 Å². The Labute approximate surface area is 119 Å². The van der Waals surface area contributed by atoms with Gasteiger partial charge < -0.3 is 5.11 Å². The molecule has 0 amide bonds. The van der Waals surface area contributed by atoms with Gasteiger partial charge in [0.15, 0.2) is 5.78 Å². The molecule has 1 N–H and O–H groups in total. The number of Topliss-reactive ketones (excluding diaryl/α,β-unsaturated/α-hetero) is 1. The maximum Gasteiger partial charge on any atom is 0.168 e. The summed E-state index contributed by atoms with van der Waals surface area (Å²) in [6, 6.07) is 8.66. The van der Waals surface area contributed by atoms with Crippen molar-refractivity contribution in [1.82, 2.24) is 0 Å². The Balaban J connectivity index is 2.68. The molecular weight excluding hydrogens is 254 g/mol. The smallest absolute Gasteiger partial charge is 0.168 e. The SMILES string of the molecule is CCC[C@@H](C[C@@H](O)[C@@H](C)C(=O)c1ccccc1)N=[N+]=[N-]. The number of nitrogens with zero attached hydrogens (tertiary/aromatic N) is 3. The van der Waals surface area contributed by atoms with Gasteiger partial charge in [-0.1, -0.05) is 55.7 Å². The van der Waals surface area contributed by atoms with Crippen molar-refractivity contribution in [2.75, 3.05) is 0 Å². The number of carbonyl (C=O) groups excluding carboxylic acids is 1. The van der Waals surface area contributed by atoms with E-state index in [1.165, 1.54) is 0 Å². The monoisotopic (exact) mass is 275 g/mol. The van der Waals surface area contributed by atoms with Crippen molar-refractivity contribution < 1.29 is 9.90 Å². The van der Waals surface area contributed by atoms with Crippen molar-refractivity contribution in [3.63, 3.8) is 0 Å². The second kappa shape index (κ2) is 8.35. The van der Waals surface area contributed by atoms with Crippen molar-refractivity contribution in [2.24, 2.45) is 11.0 Å². The molecule has 0 heterocycles. The molecule has 0 bridgehead atoms. The number of carbonyl (C=O) groups is 1. The van der Waals surface area contributed by atoms with E-state index in [4.69, 9.17) is 5.53 Å². The van der Waals surface area contributed by atoms with Gasteiger partial charge in [0.2, 0.25) is 0 Å². The molecule has 5 nitrogen and oxygen atoms in total. The van der Waals surface area contributed by atoms with E-state index >= 15 is 0 Å². The van der Waals surface area contributed by atoms with Crippen LogP contribution in [0.1, 0.15) is 43.5 Å². The van der Waals surface area contributed by atoms with Gasteiger partial charge in [-0.3, -0.25) is 4.79 Å². The Hall–Kier alpha value is -1.84. The first-order valence-corrected chi connectivity index (χ1v) is 6.91. The minimum Gasteiger partial charge on any atom is -0.392 e. The molecule has 0 radical (unpaired) electrons. The molecular formula is C15H21N3O2. The molecule has 0 saturated heterocycles. The van der Waals surface area contributed by atoms with Crippen molar-refractivity contribution in [3.05, 3.63) is 46.3 Å². The molecule has 1 aromatic rings. The van der Waals surface area contributed by atoms with Gasteiger partial charge >= 0.3 is 0 Å². The summed E-state index contributed by atoms with van der Waals surface area (Å²) in [5.74, 6) is -0.597. The van der Waals surface area contributed by atoms with Crippen LogP contribution < -0.4 is 0 Å². The summed E-state index contributed by atoms with van der Waals surface area (Å²) in [5.41, 5.74) is 9.10. The molecule has 0 spiro atoms. The third kappa shape index (κ3) is 4.68. The fraction of sp³-hybridized carbons (Fsp3) is 0.533. The first-order chi connectivity index (χ1) is 9.60. The second-order valence-electron chi connectivity index (χ2n) is 4.97. The predicted molar refractivity (Wildman–Crippen MR) is 78.4 cm³/mol. The number of hydrogen-bond donors (Lipinski definition) is 1. The summed E-state index contributed by atoms with van der Waals surface area (Å²) in [7, 11) is 0. The lowest BCUT2D eigenvalue weighted by atomic mass is 9.90. The van der Waals surface area contributed by atoms with E-state index in [0.717, 1.165) is 6.42 Å². The van der Waals surface area contributed by atoms with E-state index in [1.54, 1.807) is 31.2 Å². The summed E-state index contributed by atoms with van der Waals surface area (Å²) >= 11 is 0. The molecule has 0 fully saturated rings. The Morgan fingerprint density at radius 3 is 2.60 bits per heavy atom. The number of ketones is 1. The minimum absolute atomic E-state index is 0.0886. The number of azide groups is 1. The predicted octanol–water partition coefficient (Wildman–Crippen LogP) is 3.74. The van der Waals surface area contributed by atoms with Gasteiger partial charge in [0.25, 0.3) is 0 Å². The third-order valence-corrected chi connectivity index (χ3v) is 3.40. The highest BCUT2D eigenvalue weighted by Gasteiger charge is 2.25. The van der Waals surface area contributed by atoms with Gasteiger partial charge in [0.05, 0.1) is 6.10 Å². The third-order valence-electron chi connectivity index (χ3n) is 3.40. The lowest BCUT2D eigenvalue weighted by Gasteiger charge is -2.20. The van der Waals surface area contributed by atoms with Gasteiger partial charge in [-0.25, -0.2) is 0 Å². The van der Waals surface area contributed by atoms with E-state index in [0.29, 0.717) is 18.4 Å². The van der Waals surface area contributed by atoms with Crippen LogP contribution in [-0.2, 0) is 0 Å². The van der Waals surface area contributed by atoms with Gasteiger partial charge in [-0.2, -0.15) is 0 Å². The number of benzene rings is 1. The normalized spacial score (nSPS) is 14.9. The Morgan fingerprint density at radius 1 is 1.40 bits per heavy atom. The van der Waals surface area contributed by atoms with Crippen LogP contribution in [0.4, 0.5) is 0 Å². The molecule has 0 aromatic heterocycles. The molecule has 0 saturated carbocycles. The van der Waals surface area contributed by atoms with E-state index in [1.807, 2.05) is 13.0 Å². The minimum atomic E-state index is -0.801. The van der Waals surface area contributed by atoms with Crippen LogP contribution in [0.25, 0.3) is 10.4 Å². The first-order valence-electron chi connectivity index (χ1n) is 6.91. The summed E-state index contributed by atoms with van der Waals surface area (Å²) in [4.78, 5) is 15.0. The van der Waals surface area contributed by atoms with E-state index in [2.05, 4.69) is 10.0 Å². The molecule has 0 aliphatic rings. The van der Waals surface area contributed by atoms with Crippen LogP contribution in [0.3, 0.4) is 0 Å². The summed E-state index contributed by atoms with van der Waals surface area (Å²) < 4.78 is 0. The zero-order chi connectivity index (χ0) is 15.0. The maximum atomic E-state index is 12.2. The average molecular weight is 275 g/mol. The van der Waals surface area contributed by atoms with Crippen LogP contribution in [0.5, 0.6) is 0 Å². The molecule has 0 aliphatic carbocycles. The van der Waals surface area contributed by atoms with Crippen molar-refractivity contribution in [2.45, 2.75) is 45.3 Å². The molecule has 1 aromatic carbocycles. The number of rotatable bonds is 8. The van der Waals surface area contributed by atoms with Crippen LogP contribution in [0, 0.1) is 5.92 Å². The maximum absolute atomic E-state index is 12.2. The zero-order valence-corrected chi connectivity index (χ0v) is 11.9. The lowest BCUT2D eigenvalue weighted by Crippen LogP contribution is -2.29. The highest BCUT2D eigenvalue weighted by atomic mass is 16.3.